The molecule has 18 heavy (non-hydrogen) atoms. The number of thiazole rings is 1. The van der Waals surface area contributed by atoms with Crippen molar-refractivity contribution in [3.63, 3.8) is 0 Å². The molecule has 1 aromatic heterocycles. The number of carboxylic acid groups (broad SMARTS) is 1. The van der Waals surface area contributed by atoms with Gasteiger partial charge in [0.2, 0.25) is 0 Å². The Morgan fingerprint density at radius 1 is 1.44 bits per heavy atom. The van der Waals surface area contributed by atoms with Crippen LogP contribution in [0.5, 0.6) is 5.75 Å². The molecule has 4 nitrogen and oxygen atoms in total. The van der Waals surface area contributed by atoms with Crippen LogP contribution in [0.3, 0.4) is 0 Å². The van der Waals surface area contributed by atoms with E-state index in [-0.39, 0.29) is 11.8 Å². The first kappa shape index (κ1) is 12.6. The molecule has 0 bridgehead atoms. The van der Waals surface area contributed by atoms with Gasteiger partial charge in [-0.15, -0.1) is 11.3 Å². The van der Waals surface area contributed by atoms with Gasteiger partial charge in [-0.05, 0) is 26.0 Å². The van der Waals surface area contributed by atoms with Crippen molar-refractivity contribution in [2.24, 2.45) is 0 Å². The number of nitrogens with zero attached hydrogens (tertiary/aromatic N) is 1. The van der Waals surface area contributed by atoms with E-state index in [9.17, 15) is 4.79 Å². The molecule has 0 atom stereocenters. The van der Waals surface area contributed by atoms with Gasteiger partial charge in [-0.2, -0.15) is 0 Å². The van der Waals surface area contributed by atoms with Crippen molar-refractivity contribution < 1.29 is 14.6 Å². The van der Waals surface area contributed by atoms with E-state index in [1.165, 1.54) is 16.7 Å². The number of aromatic nitrogens is 1. The lowest BCUT2D eigenvalue weighted by atomic mass is 10.2. The second-order valence-electron chi connectivity index (χ2n) is 4.04. The minimum Gasteiger partial charge on any atom is -0.491 e. The Morgan fingerprint density at radius 2 is 2.22 bits per heavy atom. The summed E-state index contributed by atoms with van der Waals surface area (Å²) >= 11 is 1.31. The summed E-state index contributed by atoms with van der Waals surface area (Å²) in [6.07, 6.45) is 0.103. The van der Waals surface area contributed by atoms with Crippen LogP contribution < -0.4 is 4.74 Å². The maximum Gasteiger partial charge on any atom is 0.355 e. The standard InChI is InChI=1S/C13H13NO3S/c1-8(2)17-10-5-3-4-9(6-10)12-14-11(7-18-12)13(15)16/h3-8H,1-2H3,(H,15,16). The van der Waals surface area contributed by atoms with Crippen LogP contribution in [0.4, 0.5) is 0 Å². The highest BCUT2D eigenvalue weighted by Gasteiger charge is 2.10. The van der Waals surface area contributed by atoms with Crippen LogP contribution in [0.2, 0.25) is 0 Å². The molecule has 0 saturated heterocycles. The Hall–Kier alpha value is -1.88. The lowest BCUT2D eigenvalue weighted by molar-refractivity contribution is 0.0691. The molecule has 0 fully saturated rings. The molecule has 1 N–H and O–H groups in total. The quantitative estimate of drug-likeness (QED) is 0.919. The smallest absolute Gasteiger partial charge is 0.355 e. The van der Waals surface area contributed by atoms with E-state index in [4.69, 9.17) is 9.84 Å². The van der Waals surface area contributed by atoms with E-state index in [1.807, 2.05) is 38.1 Å². The molecular weight excluding hydrogens is 250 g/mol. The van der Waals surface area contributed by atoms with Gasteiger partial charge in [0.15, 0.2) is 5.69 Å². The Kier molecular flexibility index (Phi) is 3.62. The number of hydrogen-bond acceptors (Lipinski definition) is 4. The van der Waals surface area contributed by atoms with Gasteiger partial charge in [0.25, 0.3) is 0 Å². The van der Waals surface area contributed by atoms with Crippen molar-refractivity contribution in [2.75, 3.05) is 0 Å². The summed E-state index contributed by atoms with van der Waals surface area (Å²) in [6, 6.07) is 7.49. The number of carbonyl (C=O) groups is 1. The Morgan fingerprint density at radius 3 is 2.83 bits per heavy atom. The van der Waals surface area contributed by atoms with E-state index in [2.05, 4.69) is 4.98 Å². The number of hydrogen-bond donors (Lipinski definition) is 1. The van der Waals surface area contributed by atoms with Gasteiger partial charge in [0.1, 0.15) is 10.8 Å². The minimum absolute atomic E-state index is 0.0742. The topological polar surface area (TPSA) is 59.4 Å². The van der Waals surface area contributed by atoms with Crippen molar-refractivity contribution in [1.82, 2.24) is 4.98 Å². The molecule has 2 rings (SSSR count). The van der Waals surface area contributed by atoms with Crippen molar-refractivity contribution in [3.05, 3.63) is 35.3 Å². The number of rotatable bonds is 4. The third-order valence-electron chi connectivity index (χ3n) is 2.18. The summed E-state index contributed by atoms with van der Waals surface area (Å²) in [4.78, 5) is 14.8. The first-order valence-electron chi connectivity index (χ1n) is 5.52. The average molecular weight is 263 g/mol. The highest BCUT2D eigenvalue weighted by atomic mass is 32.1. The van der Waals surface area contributed by atoms with Gasteiger partial charge in [-0.25, -0.2) is 9.78 Å². The lowest BCUT2D eigenvalue weighted by Crippen LogP contribution is -2.05. The first-order valence-corrected chi connectivity index (χ1v) is 6.40. The van der Waals surface area contributed by atoms with E-state index in [0.29, 0.717) is 5.01 Å². The Labute approximate surface area is 109 Å². The Bertz CT molecular complexity index is 563. The molecule has 1 heterocycles. The fourth-order valence-electron chi connectivity index (χ4n) is 1.48. The summed E-state index contributed by atoms with van der Waals surface area (Å²) in [5.74, 6) is -0.248. The summed E-state index contributed by atoms with van der Waals surface area (Å²) in [7, 11) is 0. The van der Waals surface area contributed by atoms with Crippen molar-refractivity contribution >= 4 is 17.3 Å². The molecule has 94 valence electrons. The number of benzene rings is 1. The van der Waals surface area contributed by atoms with E-state index in [1.54, 1.807) is 0 Å². The molecule has 0 unspecified atom stereocenters. The molecule has 2 aromatic rings. The zero-order chi connectivity index (χ0) is 13.1. The molecule has 0 radical (unpaired) electrons. The third-order valence-corrected chi connectivity index (χ3v) is 3.07. The number of aromatic carboxylic acids is 1. The van der Waals surface area contributed by atoms with Crippen molar-refractivity contribution in [2.45, 2.75) is 20.0 Å². The predicted octanol–water partition coefficient (Wildman–Crippen LogP) is 3.30. The van der Waals surface area contributed by atoms with Gasteiger partial charge in [0, 0.05) is 10.9 Å². The van der Waals surface area contributed by atoms with Gasteiger partial charge in [-0.3, -0.25) is 0 Å². The van der Waals surface area contributed by atoms with Gasteiger partial charge in [-0.1, -0.05) is 12.1 Å². The molecule has 5 heteroatoms. The normalized spacial score (nSPS) is 10.6. The molecule has 0 aliphatic rings. The molecular formula is C13H13NO3S. The monoisotopic (exact) mass is 263 g/mol. The second kappa shape index (κ2) is 5.18. The highest BCUT2D eigenvalue weighted by Crippen LogP contribution is 2.27. The zero-order valence-electron chi connectivity index (χ0n) is 10.1. The summed E-state index contributed by atoms with van der Waals surface area (Å²) in [6.45, 7) is 3.91. The van der Waals surface area contributed by atoms with Crippen LogP contribution in [-0.4, -0.2) is 22.2 Å². The average Bonchev–Trinajstić information content (AvgIpc) is 2.77. The maximum absolute atomic E-state index is 10.8. The third kappa shape index (κ3) is 2.87. The van der Waals surface area contributed by atoms with Crippen molar-refractivity contribution in [3.8, 4) is 16.3 Å². The highest BCUT2D eigenvalue weighted by molar-refractivity contribution is 7.13. The lowest BCUT2D eigenvalue weighted by Gasteiger charge is -2.09. The minimum atomic E-state index is -1.01. The number of carboxylic acids is 1. The van der Waals surface area contributed by atoms with Crippen LogP contribution >= 0.6 is 11.3 Å². The van der Waals surface area contributed by atoms with E-state index >= 15 is 0 Å². The zero-order valence-corrected chi connectivity index (χ0v) is 10.9. The molecule has 0 saturated carbocycles. The molecule has 1 aromatic carbocycles. The maximum atomic E-state index is 10.8. The molecule has 0 aliphatic carbocycles. The molecule has 0 aliphatic heterocycles. The predicted molar refractivity (Wildman–Crippen MR) is 70.3 cm³/mol. The fourth-order valence-corrected chi connectivity index (χ4v) is 2.27. The second-order valence-corrected chi connectivity index (χ2v) is 4.90. The van der Waals surface area contributed by atoms with Crippen molar-refractivity contribution in [1.29, 1.82) is 0 Å². The molecule has 0 spiro atoms. The van der Waals surface area contributed by atoms with E-state index < -0.39 is 5.97 Å². The van der Waals surface area contributed by atoms with Gasteiger partial charge in [0.05, 0.1) is 6.10 Å². The Balaban J connectivity index is 2.29. The van der Waals surface area contributed by atoms with Crippen LogP contribution in [0.15, 0.2) is 29.6 Å². The van der Waals surface area contributed by atoms with Crippen LogP contribution in [0.1, 0.15) is 24.3 Å². The fraction of sp³-hybridized carbons (Fsp3) is 0.231. The van der Waals surface area contributed by atoms with Gasteiger partial charge >= 0.3 is 5.97 Å². The summed E-state index contributed by atoms with van der Waals surface area (Å²) in [5, 5.41) is 11.1. The molecule has 0 amide bonds. The van der Waals surface area contributed by atoms with E-state index in [0.717, 1.165) is 11.3 Å². The van der Waals surface area contributed by atoms with Gasteiger partial charge < -0.3 is 9.84 Å². The first-order chi connectivity index (χ1) is 8.56. The van der Waals surface area contributed by atoms with Crippen LogP contribution in [0, 0.1) is 0 Å². The summed E-state index contributed by atoms with van der Waals surface area (Å²) < 4.78 is 5.59. The van der Waals surface area contributed by atoms with Crippen LogP contribution in [0.25, 0.3) is 10.6 Å². The summed E-state index contributed by atoms with van der Waals surface area (Å²) in [5.41, 5.74) is 0.941. The number of ether oxygens (including phenoxy) is 1. The largest absolute Gasteiger partial charge is 0.491 e. The van der Waals surface area contributed by atoms with Crippen LogP contribution in [-0.2, 0) is 0 Å². The SMILES string of the molecule is CC(C)Oc1cccc(-c2nc(C(=O)O)cs2)c1.